The van der Waals surface area contributed by atoms with Crippen LogP contribution < -0.4 is 9.46 Å². The number of para-hydroxylation sites is 1. The van der Waals surface area contributed by atoms with E-state index in [9.17, 15) is 8.42 Å². The number of aromatic nitrogens is 2. The Kier molecular flexibility index (Phi) is 4.29. The standard InChI is InChI=1S/C20H17N3O3S/c1-26-18-8-4-5-9-19(18)27(24,25)23-20-13-17(21-22-20)16-11-10-14-6-2-3-7-15(14)12-16/h2-13H,1H3,(H2,21,22,23). The predicted molar refractivity (Wildman–Crippen MR) is 105 cm³/mol. The van der Waals surface area contributed by atoms with Crippen LogP contribution in [0.1, 0.15) is 0 Å². The number of methoxy groups -OCH3 is 1. The van der Waals surface area contributed by atoms with Gasteiger partial charge in [-0.3, -0.25) is 9.82 Å². The molecule has 4 aromatic rings. The van der Waals surface area contributed by atoms with Crippen LogP contribution in [-0.4, -0.2) is 25.7 Å². The molecule has 0 fully saturated rings. The Morgan fingerprint density at radius 1 is 0.926 bits per heavy atom. The summed E-state index contributed by atoms with van der Waals surface area (Å²) in [5.41, 5.74) is 1.64. The fraction of sp³-hybridized carbons (Fsp3) is 0.0500. The third-order valence-electron chi connectivity index (χ3n) is 4.24. The van der Waals surface area contributed by atoms with Crippen LogP contribution in [0.25, 0.3) is 22.0 Å². The number of H-pyrrole nitrogens is 1. The fourth-order valence-corrected chi connectivity index (χ4v) is 4.08. The van der Waals surface area contributed by atoms with Crippen LogP contribution in [0, 0.1) is 0 Å². The van der Waals surface area contributed by atoms with Crippen molar-refractivity contribution in [1.29, 1.82) is 0 Å². The highest BCUT2D eigenvalue weighted by Gasteiger charge is 2.20. The Bertz CT molecular complexity index is 1220. The van der Waals surface area contributed by atoms with Crippen molar-refractivity contribution in [2.24, 2.45) is 0 Å². The normalized spacial score (nSPS) is 11.4. The molecule has 3 aromatic carbocycles. The quantitative estimate of drug-likeness (QED) is 0.548. The van der Waals surface area contributed by atoms with Crippen molar-refractivity contribution in [3.8, 4) is 17.0 Å². The SMILES string of the molecule is COc1ccccc1S(=O)(=O)Nc1cc(-c2ccc3ccccc3c2)[nH]n1. The van der Waals surface area contributed by atoms with E-state index in [0.717, 1.165) is 22.0 Å². The summed E-state index contributed by atoms with van der Waals surface area (Å²) in [4.78, 5) is 0.0581. The summed E-state index contributed by atoms with van der Waals surface area (Å²) < 4.78 is 32.9. The van der Waals surface area contributed by atoms with Crippen LogP contribution in [-0.2, 0) is 10.0 Å². The number of fused-ring (bicyclic) bond motifs is 1. The first kappa shape index (κ1) is 17.1. The molecule has 6 nitrogen and oxygen atoms in total. The zero-order valence-electron chi connectivity index (χ0n) is 14.5. The maximum Gasteiger partial charge on any atom is 0.266 e. The summed E-state index contributed by atoms with van der Waals surface area (Å²) in [6.45, 7) is 0. The zero-order chi connectivity index (χ0) is 18.9. The number of nitrogens with one attached hydrogen (secondary N) is 2. The monoisotopic (exact) mass is 379 g/mol. The van der Waals surface area contributed by atoms with Gasteiger partial charge in [0.15, 0.2) is 5.82 Å². The number of nitrogens with zero attached hydrogens (tertiary/aromatic N) is 1. The molecular weight excluding hydrogens is 362 g/mol. The molecule has 0 atom stereocenters. The molecule has 0 aliphatic rings. The van der Waals surface area contributed by atoms with Gasteiger partial charge >= 0.3 is 0 Å². The van der Waals surface area contributed by atoms with Crippen molar-refractivity contribution in [3.05, 3.63) is 72.8 Å². The van der Waals surface area contributed by atoms with E-state index >= 15 is 0 Å². The summed E-state index contributed by atoms with van der Waals surface area (Å²) >= 11 is 0. The molecule has 0 aliphatic heterocycles. The van der Waals surface area contributed by atoms with E-state index < -0.39 is 10.0 Å². The van der Waals surface area contributed by atoms with Crippen molar-refractivity contribution in [3.63, 3.8) is 0 Å². The highest BCUT2D eigenvalue weighted by atomic mass is 32.2. The van der Waals surface area contributed by atoms with Crippen molar-refractivity contribution >= 4 is 26.6 Å². The average molecular weight is 379 g/mol. The van der Waals surface area contributed by atoms with Crippen LogP contribution >= 0.6 is 0 Å². The molecular formula is C20H17N3O3S. The van der Waals surface area contributed by atoms with E-state index in [2.05, 4.69) is 14.9 Å². The molecule has 7 heteroatoms. The van der Waals surface area contributed by atoms with Gasteiger partial charge in [0.2, 0.25) is 0 Å². The summed E-state index contributed by atoms with van der Waals surface area (Å²) in [6.07, 6.45) is 0. The van der Waals surface area contributed by atoms with E-state index in [1.54, 1.807) is 24.3 Å². The van der Waals surface area contributed by atoms with Crippen LogP contribution in [0.15, 0.2) is 77.7 Å². The first-order valence-corrected chi connectivity index (χ1v) is 9.75. The van der Waals surface area contributed by atoms with Gasteiger partial charge in [-0.2, -0.15) is 5.10 Å². The minimum atomic E-state index is -3.82. The Labute approximate surface area is 156 Å². The van der Waals surface area contributed by atoms with Gasteiger partial charge in [-0.15, -0.1) is 0 Å². The number of hydrogen-bond donors (Lipinski definition) is 2. The van der Waals surface area contributed by atoms with E-state index in [0.29, 0.717) is 0 Å². The minimum Gasteiger partial charge on any atom is -0.495 e. The number of ether oxygens (including phenoxy) is 1. The van der Waals surface area contributed by atoms with E-state index in [-0.39, 0.29) is 16.5 Å². The maximum absolute atomic E-state index is 12.7. The molecule has 1 heterocycles. The average Bonchev–Trinajstić information content (AvgIpc) is 3.15. The molecule has 0 saturated carbocycles. The summed E-state index contributed by atoms with van der Waals surface area (Å²) in [6, 6.07) is 22.1. The molecule has 0 saturated heterocycles. The van der Waals surface area contributed by atoms with Crippen LogP contribution in [0.4, 0.5) is 5.82 Å². The molecule has 0 radical (unpaired) electrons. The van der Waals surface area contributed by atoms with Gasteiger partial charge in [-0.05, 0) is 29.0 Å². The van der Waals surface area contributed by atoms with Crippen molar-refractivity contribution in [2.45, 2.75) is 4.90 Å². The lowest BCUT2D eigenvalue weighted by molar-refractivity contribution is 0.403. The molecule has 136 valence electrons. The second-order valence-electron chi connectivity index (χ2n) is 5.99. The lowest BCUT2D eigenvalue weighted by atomic mass is 10.1. The Balaban J connectivity index is 1.64. The summed E-state index contributed by atoms with van der Waals surface area (Å²) in [5.74, 6) is 0.486. The van der Waals surface area contributed by atoms with Crippen LogP contribution in [0.5, 0.6) is 5.75 Å². The molecule has 27 heavy (non-hydrogen) atoms. The summed E-state index contributed by atoms with van der Waals surface area (Å²) in [7, 11) is -2.39. The minimum absolute atomic E-state index is 0.0581. The topological polar surface area (TPSA) is 84.1 Å². The van der Waals surface area contributed by atoms with Gasteiger partial charge in [0, 0.05) is 11.6 Å². The Morgan fingerprint density at radius 3 is 2.48 bits per heavy atom. The van der Waals surface area contributed by atoms with Gasteiger partial charge in [0.1, 0.15) is 10.6 Å². The zero-order valence-corrected chi connectivity index (χ0v) is 15.3. The Hall–Kier alpha value is -3.32. The van der Waals surface area contributed by atoms with E-state index in [1.807, 2.05) is 42.5 Å². The lowest BCUT2D eigenvalue weighted by Crippen LogP contribution is -2.14. The van der Waals surface area contributed by atoms with Gasteiger partial charge in [0.05, 0.1) is 12.8 Å². The van der Waals surface area contributed by atoms with Gasteiger partial charge in [-0.25, -0.2) is 8.42 Å². The molecule has 0 aliphatic carbocycles. The third kappa shape index (κ3) is 3.37. The maximum atomic E-state index is 12.7. The highest BCUT2D eigenvalue weighted by molar-refractivity contribution is 7.92. The lowest BCUT2D eigenvalue weighted by Gasteiger charge is -2.09. The van der Waals surface area contributed by atoms with E-state index in [1.165, 1.54) is 13.2 Å². The predicted octanol–water partition coefficient (Wildman–Crippen LogP) is 4.04. The van der Waals surface area contributed by atoms with Gasteiger partial charge in [-0.1, -0.05) is 48.5 Å². The molecule has 0 spiro atoms. The van der Waals surface area contributed by atoms with Crippen LogP contribution in [0.3, 0.4) is 0 Å². The highest BCUT2D eigenvalue weighted by Crippen LogP contribution is 2.27. The van der Waals surface area contributed by atoms with Crippen molar-refractivity contribution in [1.82, 2.24) is 10.2 Å². The number of sulfonamides is 1. The van der Waals surface area contributed by atoms with Crippen molar-refractivity contribution in [2.75, 3.05) is 11.8 Å². The van der Waals surface area contributed by atoms with Crippen molar-refractivity contribution < 1.29 is 13.2 Å². The van der Waals surface area contributed by atoms with Gasteiger partial charge < -0.3 is 4.74 Å². The Morgan fingerprint density at radius 2 is 1.67 bits per heavy atom. The molecule has 1 aromatic heterocycles. The number of anilines is 1. The smallest absolute Gasteiger partial charge is 0.266 e. The molecule has 0 unspecified atom stereocenters. The number of hydrogen-bond acceptors (Lipinski definition) is 4. The fourth-order valence-electron chi connectivity index (χ4n) is 2.91. The number of benzene rings is 3. The largest absolute Gasteiger partial charge is 0.495 e. The molecule has 2 N–H and O–H groups in total. The molecule has 4 rings (SSSR count). The third-order valence-corrected chi connectivity index (χ3v) is 5.63. The second-order valence-corrected chi connectivity index (χ2v) is 7.64. The summed E-state index contributed by atoms with van der Waals surface area (Å²) in [5, 5.41) is 9.20. The van der Waals surface area contributed by atoms with E-state index in [4.69, 9.17) is 4.74 Å². The molecule has 0 bridgehead atoms. The number of rotatable bonds is 5. The number of aromatic amines is 1. The van der Waals surface area contributed by atoms with Gasteiger partial charge in [0.25, 0.3) is 10.0 Å². The second kappa shape index (κ2) is 6.77. The van der Waals surface area contributed by atoms with Crippen LogP contribution in [0.2, 0.25) is 0 Å². The first-order chi connectivity index (χ1) is 13.1. The molecule has 0 amide bonds. The first-order valence-electron chi connectivity index (χ1n) is 8.27.